The molecule has 1 aromatic rings. The zero-order chi connectivity index (χ0) is 13.0. The van der Waals surface area contributed by atoms with Crippen LogP contribution >= 0.6 is 11.6 Å². The Morgan fingerprint density at radius 2 is 2.24 bits per heavy atom. The number of halogens is 1. The molecule has 0 aliphatic heterocycles. The molecule has 1 aromatic heterocycles. The molecular weight excluding hydrogens is 248 g/mol. The van der Waals surface area contributed by atoms with Crippen molar-refractivity contribution < 1.29 is 20.1 Å². The molecule has 0 aliphatic carbocycles. The Labute approximate surface area is 103 Å². The average Bonchev–Trinajstić information content (AvgIpc) is 2.76. The Kier molecular flexibility index (Phi) is 4.92. The normalized spacial score (nSPS) is 16.5. The summed E-state index contributed by atoms with van der Waals surface area (Å²) >= 11 is 5.46. The summed E-state index contributed by atoms with van der Waals surface area (Å²) in [7, 11) is 0. The third-order valence-corrected chi connectivity index (χ3v) is 2.70. The van der Waals surface area contributed by atoms with Crippen molar-refractivity contribution in [2.24, 2.45) is 0 Å². The molecule has 0 spiro atoms. The van der Waals surface area contributed by atoms with Gasteiger partial charge in [0, 0.05) is 17.6 Å². The number of alkyl halides is 1. The lowest BCUT2D eigenvalue weighted by Crippen LogP contribution is -2.19. The summed E-state index contributed by atoms with van der Waals surface area (Å²) in [5, 5.41) is 31.9. The Balaban J connectivity index is 2.77. The monoisotopic (exact) mass is 262 g/mol. The van der Waals surface area contributed by atoms with Crippen LogP contribution in [0.4, 0.5) is 0 Å². The number of aliphatic carboxylic acids is 1. The summed E-state index contributed by atoms with van der Waals surface area (Å²) < 4.78 is 1.22. The second-order valence-corrected chi connectivity index (χ2v) is 4.14. The number of carbonyl (C=O) groups is 1. The highest BCUT2D eigenvalue weighted by molar-refractivity contribution is 6.17. The standard InChI is InChI=1S/C10H15ClN2O4/c1-6(10(16)17)13-5-7(4-12-13)9(15)8(14)2-3-11/h4-6,8-9,14-15H,2-3H2,1H3,(H,16,17)/t6-,8?,9?/m0/s1. The molecule has 0 aliphatic rings. The Bertz CT molecular complexity index is 382. The minimum atomic E-state index is -1.11. The molecule has 1 rings (SSSR count). The van der Waals surface area contributed by atoms with Crippen molar-refractivity contribution >= 4 is 17.6 Å². The fraction of sp³-hybridized carbons (Fsp3) is 0.600. The van der Waals surface area contributed by atoms with Gasteiger partial charge in [-0.25, -0.2) is 4.79 Å². The first-order valence-electron chi connectivity index (χ1n) is 5.16. The lowest BCUT2D eigenvalue weighted by molar-refractivity contribution is -0.140. The maximum atomic E-state index is 10.7. The average molecular weight is 263 g/mol. The second kappa shape index (κ2) is 6.00. The van der Waals surface area contributed by atoms with Gasteiger partial charge in [-0.15, -0.1) is 11.6 Å². The number of aliphatic hydroxyl groups is 2. The lowest BCUT2D eigenvalue weighted by atomic mass is 10.1. The van der Waals surface area contributed by atoms with E-state index >= 15 is 0 Å². The van der Waals surface area contributed by atoms with Crippen LogP contribution in [0.5, 0.6) is 0 Å². The van der Waals surface area contributed by atoms with E-state index in [1.54, 1.807) is 0 Å². The van der Waals surface area contributed by atoms with E-state index in [9.17, 15) is 15.0 Å². The van der Waals surface area contributed by atoms with Crippen molar-refractivity contribution in [3.8, 4) is 0 Å². The predicted molar refractivity (Wildman–Crippen MR) is 60.9 cm³/mol. The van der Waals surface area contributed by atoms with Crippen molar-refractivity contribution in [3.63, 3.8) is 0 Å². The molecule has 6 nitrogen and oxygen atoms in total. The van der Waals surface area contributed by atoms with Gasteiger partial charge < -0.3 is 15.3 Å². The van der Waals surface area contributed by atoms with Crippen LogP contribution in [-0.4, -0.2) is 43.1 Å². The van der Waals surface area contributed by atoms with E-state index in [-0.39, 0.29) is 12.3 Å². The first-order valence-corrected chi connectivity index (χ1v) is 5.69. The van der Waals surface area contributed by atoms with Crippen molar-refractivity contribution in [3.05, 3.63) is 18.0 Å². The third kappa shape index (κ3) is 3.42. The number of carboxylic acid groups (broad SMARTS) is 1. The molecule has 2 unspecified atom stereocenters. The number of nitrogens with zero attached hydrogens (tertiary/aromatic N) is 2. The van der Waals surface area contributed by atoms with E-state index in [0.29, 0.717) is 5.56 Å². The molecule has 96 valence electrons. The van der Waals surface area contributed by atoms with Crippen molar-refractivity contribution in [2.45, 2.75) is 31.6 Å². The molecule has 7 heteroatoms. The molecular formula is C10H15ClN2O4. The van der Waals surface area contributed by atoms with E-state index in [0.717, 1.165) is 0 Å². The van der Waals surface area contributed by atoms with Gasteiger partial charge in [0.2, 0.25) is 0 Å². The van der Waals surface area contributed by atoms with Gasteiger partial charge in [0.05, 0.1) is 12.3 Å². The van der Waals surface area contributed by atoms with Crippen LogP contribution in [0.1, 0.15) is 31.1 Å². The molecule has 17 heavy (non-hydrogen) atoms. The number of hydrogen-bond acceptors (Lipinski definition) is 4. The first-order chi connectivity index (χ1) is 7.97. The SMILES string of the molecule is C[C@@H](C(=O)O)n1cc(C(O)C(O)CCCl)cn1. The number of carboxylic acids is 1. The first kappa shape index (κ1) is 14.0. The van der Waals surface area contributed by atoms with Crippen LogP contribution < -0.4 is 0 Å². The van der Waals surface area contributed by atoms with Gasteiger partial charge in [-0.3, -0.25) is 4.68 Å². The van der Waals surface area contributed by atoms with Crippen LogP contribution in [0.2, 0.25) is 0 Å². The quantitative estimate of drug-likeness (QED) is 0.651. The molecule has 0 fully saturated rings. The Morgan fingerprint density at radius 3 is 2.76 bits per heavy atom. The molecule has 0 saturated heterocycles. The van der Waals surface area contributed by atoms with E-state index in [1.807, 2.05) is 0 Å². The topological polar surface area (TPSA) is 95.6 Å². The third-order valence-electron chi connectivity index (χ3n) is 2.49. The minimum absolute atomic E-state index is 0.234. The van der Waals surface area contributed by atoms with Crippen LogP contribution in [-0.2, 0) is 4.79 Å². The zero-order valence-corrected chi connectivity index (χ0v) is 10.1. The summed E-state index contributed by atoms with van der Waals surface area (Å²) in [5.41, 5.74) is 0.371. The van der Waals surface area contributed by atoms with Crippen LogP contribution in [0.15, 0.2) is 12.4 Å². The molecule has 3 atom stereocenters. The highest BCUT2D eigenvalue weighted by Crippen LogP contribution is 2.20. The van der Waals surface area contributed by atoms with Gasteiger partial charge in [-0.05, 0) is 13.3 Å². The molecule has 3 N–H and O–H groups in total. The van der Waals surface area contributed by atoms with E-state index in [4.69, 9.17) is 16.7 Å². The Morgan fingerprint density at radius 1 is 1.59 bits per heavy atom. The molecule has 0 radical (unpaired) electrons. The Hall–Kier alpha value is -1.11. The van der Waals surface area contributed by atoms with Gasteiger partial charge in [0.1, 0.15) is 12.1 Å². The molecule has 1 heterocycles. The summed E-state index contributed by atoms with van der Waals surface area (Å²) in [6.45, 7) is 1.47. The van der Waals surface area contributed by atoms with Crippen molar-refractivity contribution in [1.82, 2.24) is 9.78 Å². The molecule has 0 amide bonds. The molecule has 0 saturated carbocycles. The summed E-state index contributed by atoms with van der Waals surface area (Å²) in [6, 6.07) is -0.818. The maximum Gasteiger partial charge on any atom is 0.328 e. The van der Waals surface area contributed by atoms with Gasteiger partial charge in [0.25, 0.3) is 0 Å². The predicted octanol–water partition coefficient (Wildman–Crippen LogP) is 0.552. The summed E-state index contributed by atoms with van der Waals surface area (Å²) in [5.74, 6) is -0.784. The maximum absolute atomic E-state index is 10.7. The number of hydrogen-bond donors (Lipinski definition) is 3. The largest absolute Gasteiger partial charge is 0.480 e. The van der Waals surface area contributed by atoms with Crippen LogP contribution in [0.3, 0.4) is 0 Å². The highest BCUT2D eigenvalue weighted by atomic mass is 35.5. The fourth-order valence-corrected chi connectivity index (χ4v) is 1.55. The van der Waals surface area contributed by atoms with Gasteiger partial charge >= 0.3 is 5.97 Å². The molecule has 0 bridgehead atoms. The number of rotatable bonds is 6. The summed E-state index contributed by atoms with van der Waals surface area (Å²) in [4.78, 5) is 10.7. The second-order valence-electron chi connectivity index (χ2n) is 3.76. The number of aromatic nitrogens is 2. The minimum Gasteiger partial charge on any atom is -0.480 e. The van der Waals surface area contributed by atoms with E-state index < -0.39 is 24.2 Å². The molecule has 0 aromatic carbocycles. The number of aliphatic hydroxyl groups excluding tert-OH is 2. The smallest absolute Gasteiger partial charge is 0.328 e. The van der Waals surface area contributed by atoms with Crippen molar-refractivity contribution in [1.29, 1.82) is 0 Å². The lowest BCUT2D eigenvalue weighted by Gasteiger charge is -2.15. The highest BCUT2D eigenvalue weighted by Gasteiger charge is 2.21. The zero-order valence-electron chi connectivity index (χ0n) is 9.32. The van der Waals surface area contributed by atoms with E-state index in [1.165, 1.54) is 24.0 Å². The fourth-order valence-electron chi connectivity index (χ4n) is 1.32. The van der Waals surface area contributed by atoms with Gasteiger partial charge in [-0.2, -0.15) is 5.10 Å². The van der Waals surface area contributed by atoms with E-state index in [2.05, 4.69) is 5.10 Å². The van der Waals surface area contributed by atoms with Gasteiger partial charge in [0.15, 0.2) is 0 Å². The van der Waals surface area contributed by atoms with Crippen molar-refractivity contribution in [2.75, 3.05) is 5.88 Å². The summed E-state index contributed by atoms with van der Waals surface area (Å²) in [6.07, 6.45) is 0.902. The van der Waals surface area contributed by atoms with Crippen LogP contribution in [0.25, 0.3) is 0 Å². The van der Waals surface area contributed by atoms with Gasteiger partial charge in [-0.1, -0.05) is 0 Å². The van der Waals surface area contributed by atoms with Crippen LogP contribution in [0, 0.1) is 0 Å².